The van der Waals surface area contributed by atoms with Gasteiger partial charge < -0.3 is 10.2 Å². The van der Waals surface area contributed by atoms with Gasteiger partial charge in [0.15, 0.2) is 0 Å². The number of carbonyl (C=O) groups is 2. The van der Waals surface area contributed by atoms with Crippen molar-refractivity contribution >= 4 is 11.9 Å². The molecule has 0 amide bonds. The van der Waals surface area contributed by atoms with E-state index in [1.165, 1.54) is 0 Å². The van der Waals surface area contributed by atoms with E-state index in [0.717, 1.165) is 13.0 Å². The molecule has 4 nitrogen and oxygen atoms in total. The molecule has 2 aliphatic carbocycles. The Labute approximate surface area is 113 Å². The number of alkyl halides is 2. The Balaban J connectivity index is 2.65. The van der Waals surface area contributed by atoms with E-state index < -0.39 is 53.3 Å². The quantitative estimate of drug-likeness (QED) is 0.835. The third kappa shape index (κ3) is 1.91. The van der Waals surface area contributed by atoms with Crippen molar-refractivity contribution in [1.29, 1.82) is 0 Å². The molecule has 0 aromatic carbocycles. The standard InChI is InChI=1S/C13H15F3O4/c1-12(10(17)18)4-7(14)5-13(9(15)16,11(19)20)8(12)6-2-3-6/h4,6,8-9H,2-3,5H2,1H3,(H,17,18)(H,19,20). The Bertz CT molecular complexity index is 486. The average Bonchev–Trinajstić information content (AvgIpc) is 3.10. The van der Waals surface area contributed by atoms with Crippen LogP contribution in [0.1, 0.15) is 26.2 Å². The number of carboxylic acid groups (broad SMARTS) is 2. The highest BCUT2D eigenvalue weighted by Gasteiger charge is 2.67. The zero-order valence-electron chi connectivity index (χ0n) is 10.8. The molecule has 7 heteroatoms. The van der Waals surface area contributed by atoms with Gasteiger partial charge >= 0.3 is 11.9 Å². The summed E-state index contributed by atoms with van der Waals surface area (Å²) in [6, 6.07) is 0. The molecule has 3 unspecified atom stereocenters. The molecule has 0 aliphatic heterocycles. The second kappa shape index (κ2) is 4.49. The second-order valence-corrected chi connectivity index (χ2v) is 5.82. The Morgan fingerprint density at radius 2 is 1.85 bits per heavy atom. The van der Waals surface area contributed by atoms with E-state index in [-0.39, 0.29) is 0 Å². The van der Waals surface area contributed by atoms with Gasteiger partial charge in [-0.2, -0.15) is 0 Å². The molecule has 1 saturated carbocycles. The second-order valence-electron chi connectivity index (χ2n) is 5.82. The number of aliphatic carboxylic acids is 2. The summed E-state index contributed by atoms with van der Waals surface area (Å²) in [7, 11) is 0. The number of halogens is 3. The minimum atomic E-state index is -3.33. The normalized spacial score (nSPS) is 37.6. The Hall–Kier alpha value is -1.53. The largest absolute Gasteiger partial charge is 0.481 e. The minimum Gasteiger partial charge on any atom is -0.481 e. The summed E-state index contributed by atoms with van der Waals surface area (Å²) in [6.45, 7) is 1.12. The molecule has 0 bridgehead atoms. The zero-order valence-corrected chi connectivity index (χ0v) is 10.8. The van der Waals surface area contributed by atoms with E-state index in [0.29, 0.717) is 12.8 Å². The van der Waals surface area contributed by atoms with Gasteiger partial charge in [-0.1, -0.05) is 0 Å². The van der Waals surface area contributed by atoms with Gasteiger partial charge in [-0.3, -0.25) is 9.59 Å². The van der Waals surface area contributed by atoms with Gasteiger partial charge in [-0.15, -0.1) is 0 Å². The molecule has 1 fully saturated rings. The van der Waals surface area contributed by atoms with E-state index >= 15 is 0 Å². The lowest BCUT2D eigenvalue weighted by molar-refractivity contribution is -0.182. The van der Waals surface area contributed by atoms with Gasteiger partial charge in [-0.25, -0.2) is 13.2 Å². The van der Waals surface area contributed by atoms with Crippen molar-refractivity contribution in [1.82, 2.24) is 0 Å². The first-order valence-corrected chi connectivity index (χ1v) is 6.28. The summed E-state index contributed by atoms with van der Waals surface area (Å²) < 4.78 is 40.7. The number of rotatable bonds is 4. The molecule has 20 heavy (non-hydrogen) atoms. The van der Waals surface area contributed by atoms with Crippen LogP contribution in [0.5, 0.6) is 0 Å². The molecule has 0 radical (unpaired) electrons. The lowest BCUT2D eigenvalue weighted by Crippen LogP contribution is -2.56. The van der Waals surface area contributed by atoms with Crippen molar-refractivity contribution in [2.75, 3.05) is 0 Å². The molecule has 2 N–H and O–H groups in total. The molecule has 0 aromatic rings. The molecule has 112 valence electrons. The van der Waals surface area contributed by atoms with Gasteiger partial charge in [0.25, 0.3) is 6.43 Å². The summed E-state index contributed by atoms with van der Waals surface area (Å²) in [5.41, 5.74) is -4.61. The molecule has 2 rings (SSSR count). The monoisotopic (exact) mass is 292 g/mol. The highest BCUT2D eigenvalue weighted by atomic mass is 19.3. The molecule has 3 atom stereocenters. The van der Waals surface area contributed by atoms with Crippen molar-refractivity contribution in [2.24, 2.45) is 22.7 Å². The van der Waals surface area contributed by atoms with Crippen molar-refractivity contribution in [2.45, 2.75) is 32.6 Å². The van der Waals surface area contributed by atoms with Crippen molar-refractivity contribution in [3.05, 3.63) is 11.9 Å². The average molecular weight is 292 g/mol. The Morgan fingerprint density at radius 3 is 2.20 bits per heavy atom. The van der Waals surface area contributed by atoms with Crippen LogP contribution >= 0.6 is 0 Å². The van der Waals surface area contributed by atoms with Crippen LogP contribution in [0.25, 0.3) is 0 Å². The van der Waals surface area contributed by atoms with Crippen molar-refractivity contribution < 1.29 is 33.0 Å². The first-order valence-electron chi connectivity index (χ1n) is 6.28. The molecule has 0 spiro atoms. The molecule has 0 heterocycles. The molecule has 2 aliphatic rings. The van der Waals surface area contributed by atoms with E-state index in [9.17, 15) is 33.0 Å². The molecule has 0 saturated heterocycles. The minimum absolute atomic E-state index is 0.425. The van der Waals surface area contributed by atoms with Crippen LogP contribution in [0, 0.1) is 22.7 Å². The van der Waals surface area contributed by atoms with Gasteiger partial charge in [0, 0.05) is 12.3 Å². The fraction of sp³-hybridized carbons (Fsp3) is 0.692. The van der Waals surface area contributed by atoms with Gasteiger partial charge in [0.05, 0.1) is 11.2 Å². The smallest absolute Gasteiger partial charge is 0.316 e. The van der Waals surface area contributed by atoms with Crippen LogP contribution in [0.3, 0.4) is 0 Å². The summed E-state index contributed by atoms with van der Waals surface area (Å²) in [6.07, 6.45) is -2.51. The van der Waals surface area contributed by atoms with Crippen LogP contribution in [0.15, 0.2) is 11.9 Å². The van der Waals surface area contributed by atoms with Crippen LogP contribution in [0.2, 0.25) is 0 Å². The Kier molecular flexibility index (Phi) is 3.34. The van der Waals surface area contributed by atoms with E-state index in [4.69, 9.17) is 0 Å². The maximum absolute atomic E-state index is 13.7. The highest BCUT2D eigenvalue weighted by molar-refractivity contribution is 5.83. The van der Waals surface area contributed by atoms with Crippen molar-refractivity contribution in [3.8, 4) is 0 Å². The fourth-order valence-corrected chi connectivity index (χ4v) is 3.44. The predicted molar refractivity (Wildman–Crippen MR) is 61.8 cm³/mol. The van der Waals surface area contributed by atoms with E-state index in [2.05, 4.69) is 0 Å². The third-order valence-corrected chi connectivity index (χ3v) is 4.46. The highest BCUT2D eigenvalue weighted by Crippen LogP contribution is 2.61. The van der Waals surface area contributed by atoms with Crippen LogP contribution in [-0.2, 0) is 9.59 Å². The van der Waals surface area contributed by atoms with Crippen LogP contribution in [0.4, 0.5) is 13.2 Å². The number of carboxylic acids is 2. The van der Waals surface area contributed by atoms with E-state index in [1.54, 1.807) is 0 Å². The lowest BCUT2D eigenvalue weighted by Gasteiger charge is -2.46. The SMILES string of the molecule is CC1(C(=O)O)C=C(F)CC(C(=O)O)(C(F)F)C1C1CC1. The summed E-state index contributed by atoms with van der Waals surface area (Å²) in [5.74, 6) is -6.15. The number of hydrogen-bond donors (Lipinski definition) is 2. The van der Waals surface area contributed by atoms with Crippen LogP contribution < -0.4 is 0 Å². The van der Waals surface area contributed by atoms with E-state index in [1.807, 2.05) is 0 Å². The van der Waals surface area contributed by atoms with Gasteiger partial charge in [0.2, 0.25) is 0 Å². The summed E-state index contributed by atoms with van der Waals surface area (Å²) in [4.78, 5) is 22.9. The molecule has 0 aromatic heterocycles. The van der Waals surface area contributed by atoms with Gasteiger partial charge in [-0.05, 0) is 31.8 Å². The first-order chi connectivity index (χ1) is 9.16. The summed E-state index contributed by atoms with van der Waals surface area (Å²) in [5, 5.41) is 18.6. The maximum atomic E-state index is 13.7. The lowest BCUT2D eigenvalue weighted by atomic mass is 9.55. The zero-order chi connectivity index (χ0) is 15.3. The van der Waals surface area contributed by atoms with Gasteiger partial charge in [0.1, 0.15) is 5.41 Å². The van der Waals surface area contributed by atoms with Crippen LogP contribution in [-0.4, -0.2) is 28.6 Å². The predicted octanol–water partition coefficient (Wildman–Crippen LogP) is 2.70. The number of allylic oxidation sites excluding steroid dienone is 1. The third-order valence-electron chi connectivity index (χ3n) is 4.46. The first kappa shape index (κ1) is 14.9. The molecular weight excluding hydrogens is 277 g/mol. The van der Waals surface area contributed by atoms with Crippen molar-refractivity contribution in [3.63, 3.8) is 0 Å². The summed E-state index contributed by atoms with van der Waals surface area (Å²) >= 11 is 0. The topological polar surface area (TPSA) is 74.6 Å². The Morgan fingerprint density at radius 1 is 1.30 bits per heavy atom. The number of hydrogen-bond acceptors (Lipinski definition) is 2. The molecular formula is C13H15F3O4. The maximum Gasteiger partial charge on any atom is 0.316 e. The fourth-order valence-electron chi connectivity index (χ4n) is 3.44.